The van der Waals surface area contributed by atoms with E-state index in [-0.39, 0.29) is 23.6 Å². The number of carbonyl (C=O) groups is 4. The van der Waals surface area contributed by atoms with Crippen molar-refractivity contribution >= 4 is 278 Å². The summed E-state index contributed by atoms with van der Waals surface area (Å²) in [5.41, 5.74) is 0.859. The number of fused-ring (bicyclic) bond motifs is 1. The van der Waals surface area contributed by atoms with Crippen molar-refractivity contribution in [3.63, 3.8) is 0 Å². The zero-order valence-corrected chi connectivity index (χ0v) is 74.0. The van der Waals surface area contributed by atoms with Gasteiger partial charge in [-0.15, -0.1) is 11.8 Å². The smallest absolute Gasteiger partial charge is 0.267 e. The topological polar surface area (TPSA) is 212 Å². The van der Waals surface area contributed by atoms with Crippen LogP contribution < -0.4 is 0 Å². The molecule has 8 rings (SSSR count). The van der Waals surface area contributed by atoms with Crippen LogP contribution in [-0.4, -0.2) is 202 Å². The molecule has 36 heteroatoms. The highest BCUT2D eigenvalue weighted by Gasteiger charge is 2.37. The number of imide groups is 1. The molecule has 0 N–H and O–H groups in total. The fourth-order valence-corrected chi connectivity index (χ4v) is 14.9. The number of carbonyl (C=O) groups excluding carboxylic acids is 4. The van der Waals surface area contributed by atoms with Gasteiger partial charge in [0.15, 0.2) is 0 Å². The lowest BCUT2D eigenvalue weighted by molar-refractivity contribution is -0.125. The van der Waals surface area contributed by atoms with Gasteiger partial charge in [-0.05, 0) is 148 Å². The first kappa shape index (κ1) is 97.9. The Labute approximate surface area is 689 Å². The molecule has 2 fully saturated rings. The van der Waals surface area contributed by atoms with Gasteiger partial charge in [-0.2, -0.15) is 21.0 Å². The number of aromatic nitrogens is 5. The Morgan fingerprint density at radius 1 is 0.500 bits per heavy atom. The monoisotopic (exact) mass is 1710 g/mol. The van der Waals surface area contributed by atoms with E-state index in [2.05, 4.69) is 41.9 Å². The number of amides is 4. The molecule has 0 radical (unpaired) electrons. The third-order valence-electron chi connectivity index (χ3n) is 12.7. The van der Waals surface area contributed by atoms with Crippen molar-refractivity contribution in [1.29, 1.82) is 21.0 Å². The Morgan fingerprint density at radius 2 is 0.902 bits per heavy atom. The number of rotatable bonds is 7. The molecule has 1 atom stereocenters. The molecular weight excluding hydrogens is 1630 g/mol. The van der Waals surface area contributed by atoms with E-state index in [0.29, 0.717) is 47.0 Å². The van der Waals surface area contributed by atoms with Gasteiger partial charge in [0.25, 0.3) is 11.8 Å². The summed E-state index contributed by atoms with van der Waals surface area (Å²) < 4.78 is 12.6. The molecule has 550 valence electrons. The predicted molar refractivity (Wildman–Crippen MR) is 478 cm³/mol. The summed E-state index contributed by atoms with van der Waals surface area (Å²) in [6.45, 7) is 19.1. The van der Waals surface area contributed by atoms with Crippen molar-refractivity contribution in [2.45, 2.75) is 102 Å². The maximum Gasteiger partial charge on any atom is 0.267 e. The van der Waals surface area contributed by atoms with Gasteiger partial charge in [0, 0.05) is 103 Å². The van der Waals surface area contributed by atoms with Crippen molar-refractivity contribution in [2.24, 2.45) is 0 Å². The molecule has 1 aromatic carbocycles. The van der Waals surface area contributed by atoms with Crippen LogP contribution in [0, 0.1) is 45.3 Å². The fraction of sp³-hybridized carbons (Fsp3) is 0.424. The molecule has 7 heterocycles. The summed E-state index contributed by atoms with van der Waals surface area (Å²) in [7, 11) is 3.76. The normalized spacial score (nSPS) is 12.8. The molecule has 0 saturated carbocycles. The third-order valence-corrected chi connectivity index (χ3v) is 25.3. The number of thioether (sulfide) groups is 9. The van der Waals surface area contributed by atoms with Crippen molar-refractivity contribution in [3.8, 4) is 24.3 Å². The molecule has 1 unspecified atom stereocenters. The summed E-state index contributed by atoms with van der Waals surface area (Å²) in [6, 6.07) is 26.9. The van der Waals surface area contributed by atoms with Gasteiger partial charge in [0.05, 0.1) is 41.2 Å². The van der Waals surface area contributed by atoms with Crippen molar-refractivity contribution < 1.29 is 19.2 Å². The standard InChI is InChI=1S/C10H12N2S2.C10H7NO2S2.C9H10N2S2.C7H8N2OS2.C7H12N2S2.C6H9NOS2.C6H7NS2.C6H13NS2.C5H6N2S2/c1-3-10(2,8-11)14-9(13)12-6-4-5-7-12;1-15-10(14)11-8(12)6-4-2-3-5-7(6)9(11)13;1-9(2,7-10)13-8(12)11-5-3-4-6-11;8-3-5-12-7(11)9-4-1-2-6(9)10;1-7(2,5-8)11-6(10)9(3)4;1-10-6(9)7-4-2-3-5(7)8;1-9-6(8)7-4-2-3-5-7;1-4-7(5-2)6(8)9-3;1-9-5(8)7-3-2-6-4-7/h4-7H,3H2,1-2H3;2-5H,1H3;3-6H,1-2H3;1-2,4-5H2;1-4H3;2-4H2,1H3;2-5H,1H3;4-5H2,1-3H3;2-4H,1H3. The predicted octanol–water partition coefficient (Wildman–Crippen LogP) is 17.2. The highest BCUT2D eigenvalue weighted by molar-refractivity contribution is 8.26. The molecular formula is C66H84N14O4S18. The number of nitrogens with zero attached hydrogens (tertiary/aromatic N) is 14. The van der Waals surface area contributed by atoms with Gasteiger partial charge in [-0.1, -0.05) is 223 Å². The molecule has 4 amide bonds. The number of hydrogen-bond acceptors (Lipinski definition) is 27. The Kier molecular flexibility index (Phi) is 51.4. The quantitative estimate of drug-likeness (QED) is 0.109. The van der Waals surface area contributed by atoms with Crippen LogP contribution in [0.1, 0.15) is 108 Å². The van der Waals surface area contributed by atoms with Gasteiger partial charge in [-0.3, -0.25) is 33.5 Å². The number of nitriles is 4. The minimum Gasteiger partial charge on any atom is -0.364 e. The third kappa shape index (κ3) is 37.4. The van der Waals surface area contributed by atoms with E-state index in [4.69, 9.17) is 131 Å². The van der Waals surface area contributed by atoms with Crippen molar-refractivity contribution in [2.75, 3.05) is 77.3 Å². The Hall–Kier alpha value is -4.13. The second-order valence-corrected chi connectivity index (χ2v) is 36.7. The lowest BCUT2D eigenvalue weighted by Crippen LogP contribution is -2.32. The molecule has 3 aliphatic heterocycles. The summed E-state index contributed by atoms with van der Waals surface area (Å²) >= 11 is 58.3. The Bertz CT molecular complexity index is 3640. The number of likely N-dealkylation sites (tertiary alicyclic amines) is 2. The summed E-state index contributed by atoms with van der Waals surface area (Å²) in [5, 5.41) is 34.8. The average molecular weight is 1710 g/mol. The Balaban J connectivity index is 0.00000113. The lowest BCUT2D eigenvalue weighted by Gasteiger charge is -2.19. The summed E-state index contributed by atoms with van der Waals surface area (Å²) in [4.78, 5) is 57.9. The van der Waals surface area contributed by atoms with E-state index in [1.807, 2.05) is 185 Å². The van der Waals surface area contributed by atoms with Crippen LogP contribution in [0.4, 0.5) is 0 Å². The van der Waals surface area contributed by atoms with Gasteiger partial charge < -0.3 is 23.5 Å². The Morgan fingerprint density at radius 3 is 1.23 bits per heavy atom. The molecule has 0 spiro atoms. The maximum absolute atomic E-state index is 11.8. The first-order valence-electron chi connectivity index (χ1n) is 30.4. The molecule has 2 saturated heterocycles. The van der Waals surface area contributed by atoms with E-state index in [9.17, 15) is 19.2 Å². The molecule has 0 aliphatic carbocycles. The van der Waals surface area contributed by atoms with Crippen LogP contribution in [0.2, 0.25) is 0 Å². The lowest BCUT2D eigenvalue weighted by atomic mass is 10.1. The second kappa shape index (κ2) is 53.6. The number of benzene rings is 1. The highest BCUT2D eigenvalue weighted by Crippen LogP contribution is 2.31. The van der Waals surface area contributed by atoms with Crippen molar-refractivity contribution in [1.82, 2.24) is 47.8 Å². The van der Waals surface area contributed by atoms with Crippen LogP contribution in [0.3, 0.4) is 0 Å². The van der Waals surface area contributed by atoms with Gasteiger partial charge in [0.2, 0.25) is 11.8 Å². The van der Waals surface area contributed by atoms with E-state index in [0.717, 1.165) is 71.9 Å². The van der Waals surface area contributed by atoms with Crippen LogP contribution >= 0.6 is 216 Å². The van der Waals surface area contributed by atoms with E-state index >= 15 is 0 Å². The first-order valence-corrected chi connectivity index (χ1v) is 43.7. The summed E-state index contributed by atoms with van der Waals surface area (Å²) in [5.74, 6) is -0.0579. The first-order chi connectivity index (χ1) is 48.2. The maximum atomic E-state index is 11.8. The SMILES string of the molecule is CC(C)(C#N)SC(=S)n1cccc1.CCC(C)(C#N)SC(=S)n1cccc1.CCN(CC)C(=S)SC.CN(C)C(=S)SC(C)(C)C#N.CSC(=S)N1C(=O)c2ccccc2C1=O.CSC(=S)N1CCCC1=O.CSC(=S)n1cccc1.CSC(=S)n1ccnc1.N#CCSC(=S)N1CCCC1=O. The van der Waals surface area contributed by atoms with Crippen LogP contribution in [-0.2, 0) is 9.59 Å². The minimum atomic E-state index is -0.457. The van der Waals surface area contributed by atoms with E-state index in [1.165, 1.54) is 82.3 Å². The average Bonchev–Trinajstić information content (AvgIpc) is 1.63. The zero-order valence-electron chi connectivity index (χ0n) is 59.3. The zero-order chi connectivity index (χ0) is 77.8. The number of hydrogen-bond donors (Lipinski definition) is 0. The molecule has 0 bridgehead atoms. The van der Waals surface area contributed by atoms with Gasteiger partial charge in [-0.25, -0.2) is 9.88 Å². The van der Waals surface area contributed by atoms with Crippen LogP contribution in [0.15, 0.2) is 117 Å². The van der Waals surface area contributed by atoms with Gasteiger partial charge >= 0.3 is 0 Å². The number of imidazole rings is 1. The summed E-state index contributed by atoms with van der Waals surface area (Å²) in [6.07, 6.45) is 30.1. The molecule has 3 aliphatic rings. The highest BCUT2D eigenvalue weighted by atomic mass is 32.2. The molecule has 5 aromatic rings. The minimum absolute atomic E-state index is 0.0884. The molecule has 18 nitrogen and oxygen atoms in total. The van der Waals surface area contributed by atoms with Gasteiger partial charge in [0.1, 0.15) is 59.5 Å². The second-order valence-electron chi connectivity index (χ2n) is 21.2. The van der Waals surface area contributed by atoms with Crippen LogP contribution in [0.25, 0.3) is 0 Å². The van der Waals surface area contributed by atoms with Crippen LogP contribution in [0.5, 0.6) is 0 Å². The molecule has 4 aromatic heterocycles. The molecule has 102 heavy (non-hydrogen) atoms. The fourth-order valence-electron chi connectivity index (χ4n) is 7.01. The van der Waals surface area contributed by atoms with Crippen molar-refractivity contribution in [3.05, 3.63) is 128 Å². The van der Waals surface area contributed by atoms with E-state index < -0.39 is 14.2 Å². The largest absolute Gasteiger partial charge is 0.364 e. The number of thiocarbonyl (C=S) groups is 9. The van der Waals surface area contributed by atoms with E-state index in [1.54, 1.807) is 80.9 Å².